The lowest BCUT2D eigenvalue weighted by Gasteiger charge is -2.24. The molecule has 0 bridgehead atoms. The van der Waals surface area contributed by atoms with E-state index in [1.54, 1.807) is 57.3 Å². The summed E-state index contributed by atoms with van der Waals surface area (Å²) in [7, 11) is 1.66. The molecule has 4 rings (SSSR count). The van der Waals surface area contributed by atoms with Crippen LogP contribution in [-0.2, 0) is 4.79 Å². The number of anilines is 1. The highest BCUT2D eigenvalue weighted by Gasteiger charge is 2.36. The number of Topliss-reactive ketones (excluding diaryl/α,β-unsaturated/α-hetero) is 1. The molecule has 0 radical (unpaired) electrons. The highest BCUT2D eigenvalue weighted by atomic mass is 19.1. The van der Waals surface area contributed by atoms with Gasteiger partial charge in [0.25, 0.3) is 5.91 Å². The Morgan fingerprint density at radius 3 is 2.10 bits per heavy atom. The molecular formula is C26H31FN2O2. The highest BCUT2D eigenvalue weighted by molar-refractivity contribution is 6.21. The quantitative estimate of drug-likeness (QED) is 0.561. The largest absolute Gasteiger partial charge is 0.313 e. The van der Waals surface area contributed by atoms with Crippen LogP contribution in [0.3, 0.4) is 0 Å². The molecule has 2 aromatic rings. The summed E-state index contributed by atoms with van der Waals surface area (Å²) >= 11 is 0. The van der Waals surface area contributed by atoms with Crippen LogP contribution in [0.25, 0.3) is 0 Å². The van der Waals surface area contributed by atoms with E-state index in [0.717, 1.165) is 0 Å². The van der Waals surface area contributed by atoms with Gasteiger partial charge in [-0.25, -0.2) is 4.39 Å². The maximum absolute atomic E-state index is 14.5. The molecule has 1 aliphatic heterocycles. The lowest BCUT2D eigenvalue weighted by molar-refractivity contribution is -0.122. The van der Waals surface area contributed by atoms with Crippen LogP contribution >= 0.6 is 0 Å². The minimum Gasteiger partial charge on any atom is -0.313 e. The maximum atomic E-state index is 14.5. The third-order valence-electron chi connectivity index (χ3n) is 5.87. The monoisotopic (exact) mass is 422 g/mol. The Labute approximate surface area is 184 Å². The van der Waals surface area contributed by atoms with E-state index in [-0.39, 0.29) is 11.7 Å². The Bertz CT molecular complexity index is 995. The number of nitrogens with zero attached hydrogens (tertiary/aromatic N) is 2. The van der Waals surface area contributed by atoms with Crippen molar-refractivity contribution in [1.29, 1.82) is 0 Å². The number of ketones is 1. The number of likely N-dealkylation sites (N-methyl/N-ethyl adjacent to an activating group) is 1. The van der Waals surface area contributed by atoms with Gasteiger partial charge in [-0.2, -0.15) is 0 Å². The molecule has 1 aliphatic carbocycles. The molecule has 2 aliphatic rings. The molecular weight excluding hydrogens is 391 g/mol. The van der Waals surface area contributed by atoms with Gasteiger partial charge in [-0.15, -0.1) is 0 Å². The molecule has 0 spiro atoms. The van der Waals surface area contributed by atoms with E-state index in [1.165, 1.54) is 56.4 Å². The number of rotatable bonds is 2. The van der Waals surface area contributed by atoms with Crippen LogP contribution in [0, 0.1) is 5.82 Å². The molecule has 0 N–H and O–H groups in total. The molecule has 2 aromatic carbocycles. The molecule has 0 atom stereocenters. The molecule has 0 aromatic heterocycles. The van der Waals surface area contributed by atoms with E-state index >= 15 is 0 Å². The van der Waals surface area contributed by atoms with Gasteiger partial charge in [0, 0.05) is 23.7 Å². The first kappa shape index (κ1) is 22.9. The van der Waals surface area contributed by atoms with Gasteiger partial charge in [-0.3, -0.25) is 14.6 Å². The van der Waals surface area contributed by atoms with E-state index in [9.17, 15) is 14.0 Å². The zero-order valence-corrected chi connectivity index (χ0v) is 18.9. The van der Waals surface area contributed by atoms with E-state index in [2.05, 4.69) is 4.99 Å². The summed E-state index contributed by atoms with van der Waals surface area (Å²) in [5.74, 6) is -0.725. The molecule has 1 heterocycles. The number of carbonyl (C=O) groups excluding carboxylic acids is 2. The van der Waals surface area contributed by atoms with Crippen LogP contribution in [0.2, 0.25) is 0 Å². The third-order valence-corrected chi connectivity index (χ3v) is 5.87. The van der Waals surface area contributed by atoms with E-state index in [4.69, 9.17) is 0 Å². The van der Waals surface area contributed by atoms with Crippen LogP contribution in [0.15, 0.2) is 47.5 Å². The summed E-state index contributed by atoms with van der Waals surface area (Å²) < 4.78 is 14.5. The minimum atomic E-state index is -1.05. The standard InChI is InChI=1S/C20H19FN2O2.C6H12/c1-12(24)13-9-10-17-15(11-13)18(14-7-5-6-8-16(14)21)22-20(2,3)19(25)23(17)4;1-2-4-6-5-3-1/h5-11H,1-4H3;1-6H2. The topological polar surface area (TPSA) is 49.7 Å². The van der Waals surface area contributed by atoms with Crippen LogP contribution in [0.1, 0.15) is 80.8 Å². The number of hydrogen-bond acceptors (Lipinski definition) is 3. The second-order valence-corrected chi connectivity index (χ2v) is 8.77. The third kappa shape index (κ3) is 5.09. The summed E-state index contributed by atoms with van der Waals surface area (Å²) in [6, 6.07) is 11.4. The van der Waals surface area contributed by atoms with Gasteiger partial charge in [-0.05, 0) is 51.1 Å². The Hall–Kier alpha value is -2.82. The Morgan fingerprint density at radius 2 is 1.55 bits per heavy atom. The van der Waals surface area contributed by atoms with Crippen LogP contribution in [-0.4, -0.2) is 30.0 Å². The second-order valence-electron chi connectivity index (χ2n) is 8.77. The average Bonchev–Trinajstić information content (AvgIpc) is 2.84. The molecule has 1 fully saturated rings. The molecule has 4 nitrogen and oxygen atoms in total. The Kier molecular flexibility index (Phi) is 7.04. The summed E-state index contributed by atoms with van der Waals surface area (Å²) in [6.45, 7) is 4.87. The number of halogens is 1. The lowest BCUT2D eigenvalue weighted by Crippen LogP contribution is -2.41. The summed E-state index contributed by atoms with van der Waals surface area (Å²) in [5, 5.41) is 0. The minimum absolute atomic E-state index is 0.104. The van der Waals surface area contributed by atoms with Crippen molar-refractivity contribution < 1.29 is 14.0 Å². The van der Waals surface area contributed by atoms with Crippen molar-refractivity contribution in [3.05, 3.63) is 65.0 Å². The number of amides is 1. The fourth-order valence-corrected chi connectivity index (χ4v) is 4.06. The maximum Gasteiger partial charge on any atom is 0.254 e. The van der Waals surface area contributed by atoms with Crippen molar-refractivity contribution in [3.8, 4) is 0 Å². The predicted octanol–water partition coefficient (Wildman–Crippen LogP) is 5.96. The molecule has 164 valence electrons. The van der Waals surface area contributed by atoms with Gasteiger partial charge in [0.2, 0.25) is 0 Å². The Morgan fingerprint density at radius 1 is 0.968 bits per heavy atom. The molecule has 5 heteroatoms. The lowest BCUT2D eigenvalue weighted by atomic mass is 9.96. The molecule has 1 amide bonds. The van der Waals surface area contributed by atoms with Crippen molar-refractivity contribution in [3.63, 3.8) is 0 Å². The van der Waals surface area contributed by atoms with Gasteiger partial charge >= 0.3 is 0 Å². The summed E-state index contributed by atoms with van der Waals surface area (Å²) in [4.78, 5) is 30.7. The average molecular weight is 423 g/mol. The number of aliphatic imine (C=N–C) groups is 1. The smallest absolute Gasteiger partial charge is 0.254 e. The van der Waals surface area contributed by atoms with Crippen molar-refractivity contribution in [2.45, 2.75) is 64.8 Å². The Balaban J connectivity index is 0.000000391. The fourth-order valence-electron chi connectivity index (χ4n) is 4.06. The van der Waals surface area contributed by atoms with Gasteiger partial charge in [0.1, 0.15) is 11.4 Å². The SMILES string of the molecule is C1CCCCC1.CC(=O)c1ccc2c(c1)C(c1ccccc1F)=NC(C)(C)C(=O)N2C. The predicted molar refractivity (Wildman–Crippen MR) is 124 cm³/mol. The van der Waals surface area contributed by atoms with Gasteiger partial charge in [0.05, 0.1) is 11.4 Å². The van der Waals surface area contributed by atoms with Crippen LogP contribution < -0.4 is 4.90 Å². The zero-order chi connectivity index (χ0) is 22.6. The van der Waals surface area contributed by atoms with Gasteiger partial charge in [0.15, 0.2) is 5.78 Å². The van der Waals surface area contributed by atoms with Crippen LogP contribution in [0.4, 0.5) is 10.1 Å². The number of hydrogen-bond donors (Lipinski definition) is 0. The normalized spacial score (nSPS) is 17.6. The molecule has 0 unspecified atom stereocenters. The highest BCUT2D eigenvalue weighted by Crippen LogP contribution is 2.32. The number of benzene rings is 2. The second kappa shape index (κ2) is 9.54. The first-order chi connectivity index (χ1) is 14.7. The fraction of sp³-hybridized carbons (Fsp3) is 0.423. The van der Waals surface area contributed by atoms with Crippen molar-refractivity contribution in [2.24, 2.45) is 4.99 Å². The number of benzodiazepines with no additional fused rings is 1. The first-order valence-corrected chi connectivity index (χ1v) is 11.0. The molecule has 0 saturated heterocycles. The summed E-state index contributed by atoms with van der Waals surface area (Å²) in [6.07, 6.45) is 9.00. The van der Waals surface area contributed by atoms with E-state index in [1.807, 2.05) is 0 Å². The number of carbonyl (C=O) groups is 2. The number of fused-ring (bicyclic) bond motifs is 1. The van der Waals surface area contributed by atoms with Gasteiger partial charge < -0.3 is 4.90 Å². The summed E-state index contributed by atoms with van der Waals surface area (Å²) in [5.41, 5.74) is 1.28. The van der Waals surface area contributed by atoms with Crippen molar-refractivity contribution >= 4 is 23.1 Å². The zero-order valence-electron chi connectivity index (χ0n) is 18.9. The van der Waals surface area contributed by atoms with Gasteiger partial charge in [-0.1, -0.05) is 50.7 Å². The van der Waals surface area contributed by atoms with Crippen molar-refractivity contribution in [1.82, 2.24) is 0 Å². The van der Waals surface area contributed by atoms with E-state index < -0.39 is 11.4 Å². The first-order valence-electron chi connectivity index (χ1n) is 11.0. The van der Waals surface area contributed by atoms with Crippen LogP contribution in [0.5, 0.6) is 0 Å². The molecule has 31 heavy (non-hydrogen) atoms. The van der Waals surface area contributed by atoms with E-state index in [0.29, 0.717) is 28.1 Å². The molecule has 1 saturated carbocycles. The van der Waals surface area contributed by atoms with Crippen molar-refractivity contribution in [2.75, 3.05) is 11.9 Å².